The summed E-state index contributed by atoms with van der Waals surface area (Å²) in [6, 6.07) is 0. The van der Waals surface area contributed by atoms with Crippen molar-refractivity contribution in [2.45, 2.75) is 12.2 Å². The van der Waals surface area contributed by atoms with Crippen LogP contribution in [0.3, 0.4) is 0 Å². The Labute approximate surface area is 54.4 Å². The van der Waals surface area contributed by atoms with Crippen LogP contribution < -0.4 is 5.32 Å². The number of likely N-dealkylation sites (N-methyl/N-ethyl adjacent to an activating group) is 1. The number of nitrogens with one attached hydrogen (secondary N) is 1. The maximum Gasteiger partial charge on any atom is 0.187 e. The summed E-state index contributed by atoms with van der Waals surface area (Å²) in [5, 5.41) is 10.8. The lowest BCUT2D eigenvalue weighted by Gasteiger charge is -2.19. The molecule has 2 nitrogen and oxygen atoms in total. The van der Waals surface area contributed by atoms with Gasteiger partial charge < -0.3 is 5.11 Å². The predicted molar refractivity (Wildman–Crippen MR) is 34.8 cm³/mol. The molecule has 3 heteroatoms. The summed E-state index contributed by atoms with van der Waals surface area (Å²) in [5.74, 6) is -1.68. The monoisotopic (exact) mass is 133 g/mol. The van der Waals surface area contributed by atoms with E-state index in [0.717, 1.165) is 0 Å². The van der Waals surface area contributed by atoms with E-state index in [1.807, 2.05) is 0 Å². The van der Waals surface area contributed by atoms with E-state index in [-0.39, 0.29) is 6.42 Å². The summed E-state index contributed by atoms with van der Waals surface area (Å²) in [6.45, 7) is 2.83. The van der Waals surface area contributed by atoms with Gasteiger partial charge in [0, 0.05) is 6.42 Å². The summed E-state index contributed by atoms with van der Waals surface area (Å²) >= 11 is 0. The highest BCUT2D eigenvalue weighted by molar-refractivity contribution is 4.82. The first-order chi connectivity index (χ1) is 4.18. The molecule has 0 rings (SSSR count). The molecule has 1 atom stereocenters. The number of rotatable bonds is 4. The van der Waals surface area contributed by atoms with Crippen molar-refractivity contribution in [2.75, 3.05) is 13.7 Å². The third-order valence-electron chi connectivity index (χ3n) is 1.17. The van der Waals surface area contributed by atoms with Gasteiger partial charge in [0.05, 0.1) is 6.61 Å². The van der Waals surface area contributed by atoms with Crippen molar-refractivity contribution >= 4 is 0 Å². The normalized spacial score (nSPS) is 16.8. The largest absolute Gasteiger partial charge is 0.392 e. The van der Waals surface area contributed by atoms with E-state index in [2.05, 4.69) is 11.9 Å². The van der Waals surface area contributed by atoms with E-state index in [1.165, 1.54) is 13.1 Å². The Morgan fingerprint density at radius 3 is 2.56 bits per heavy atom. The van der Waals surface area contributed by atoms with Gasteiger partial charge in [0.25, 0.3) is 0 Å². The Morgan fingerprint density at radius 2 is 2.44 bits per heavy atom. The Kier molecular flexibility index (Phi) is 3.42. The van der Waals surface area contributed by atoms with Gasteiger partial charge in [-0.25, -0.2) is 4.39 Å². The van der Waals surface area contributed by atoms with Gasteiger partial charge in [0.15, 0.2) is 5.79 Å². The Balaban J connectivity index is 3.75. The highest BCUT2D eigenvalue weighted by atomic mass is 19.1. The third-order valence-corrected chi connectivity index (χ3v) is 1.17. The standard InChI is InChI=1S/C6H12FNO/c1-3-4-6(7,5-9)8-2/h3,8-9H,1,4-5H2,2H3. The molecule has 0 aromatic rings. The fourth-order valence-electron chi connectivity index (χ4n) is 0.474. The fraction of sp³-hybridized carbons (Fsp3) is 0.667. The quantitative estimate of drug-likeness (QED) is 0.431. The van der Waals surface area contributed by atoms with Crippen LogP contribution in [0.15, 0.2) is 12.7 Å². The fourth-order valence-corrected chi connectivity index (χ4v) is 0.474. The maximum absolute atomic E-state index is 12.8. The van der Waals surface area contributed by atoms with Crippen LogP contribution in [0.5, 0.6) is 0 Å². The summed E-state index contributed by atoms with van der Waals surface area (Å²) in [4.78, 5) is 0. The SMILES string of the molecule is C=CCC(F)(CO)NC. The van der Waals surface area contributed by atoms with Gasteiger partial charge in [-0.05, 0) is 7.05 Å². The molecule has 0 spiro atoms. The van der Waals surface area contributed by atoms with E-state index in [4.69, 9.17) is 5.11 Å². The van der Waals surface area contributed by atoms with E-state index >= 15 is 0 Å². The average Bonchev–Trinajstić information content (AvgIpc) is 1.89. The second kappa shape index (κ2) is 3.58. The van der Waals surface area contributed by atoms with Crippen LogP contribution in [0.1, 0.15) is 6.42 Å². The smallest absolute Gasteiger partial charge is 0.187 e. The van der Waals surface area contributed by atoms with Gasteiger partial charge in [-0.2, -0.15) is 0 Å². The molecule has 1 unspecified atom stereocenters. The van der Waals surface area contributed by atoms with Crippen molar-refractivity contribution in [3.63, 3.8) is 0 Å². The van der Waals surface area contributed by atoms with Gasteiger partial charge in [0.1, 0.15) is 0 Å². The third kappa shape index (κ3) is 2.58. The molecule has 2 N–H and O–H groups in total. The molecule has 0 heterocycles. The van der Waals surface area contributed by atoms with Gasteiger partial charge >= 0.3 is 0 Å². The molecular formula is C6H12FNO. The lowest BCUT2D eigenvalue weighted by atomic mass is 10.2. The summed E-state index contributed by atoms with van der Waals surface area (Å²) in [7, 11) is 1.46. The second-order valence-electron chi connectivity index (χ2n) is 1.87. The van der Waals surface area contributed by atoms with Crippen LogP contribution in [0.25, 0.3) is 0 Å². The molecule has 0 saturated heterocycles. The maximum atomic E-state index is 12.8. The molecule has 0 saturated carbocycles. The minimum Gasteiger partial charge on any atom is -0.392 e. The molecule has 0 aromatic carbocycles. The van der Waals surface area contributed by atoms with Crippen molar-refractivity contribution in [3.05, 3.63) is 12.7 Å². The molecule has 0 aliphatic rings. The molecule has 0 aromatic heterocycles. The van der Waals surface area contributed by atoms with Gasteiger partial charge in [-0.15, -0.1) is 6.58 Å². The first-order valence-corrected chi connectivity index (χ1v) is 2.78. The molecule has 0 aliphatic carbocycles. The summed E-state index contributed by atoms with van der Waals surface area (Å²) in [6.07, 6.45) is 1.55. The summed E-state index contributed by atoms with van der Waals surface area (Å²) in [5.41, 5.74) is 0. The zero-order chi connectivity index (χ0) is 7.33. The van der Waals surface area contributed by atoms with E-state index in [9.17, 15) is 4.39 Å². The van der Waals surface area contributed by atoms with Crippen molar-refractivity contribution in [1.29, 1.82) is 0 Å². The molecule has 9 heavy (non-hydrogen) atoms. The molecule has 0 aliphatic heterocycles. The zero-order valence-electron chi connectivity index (χ0n) is 5.52. The molecule has 0 bridgehead atoms. The van der Waals surface area contributed by atoms with Crippen LogP contribution in [0.2, 0.25) is 0 Å². The van der Waals surface area contributed by atoms with Crippen LogP contribution in [-0.2, 0) is 0 Å². The minimum absolute atomic E-state index is 0.125. The van der Waals surface area contributed by atoms with E-state index < -0.39 is 12.4 Å². The zero-order valence-corrected chi connectivity index (χ0v) is 5.52. The van der Waals surface area contributed by atoms with Crippen LogP contribution in [0, 0.1) is 0 Å². The molecule has 54 valence electrons. The lowest BCUT2D eigenvalue weighted by Crippen LogP contribution is -2.41. The van der Waals surface area contributed by atoms with Crippen molar-refractivity contribution < 1.29 is 9.50 Å². The minimum atomic E-state index is -1.68. The van der Waals surface area contributed by atoms with Crippen molar-refractivity contribution in [3.8, 4) is 0 Å². The molecule has 0 fully saturated rings. The number of aliphatic hydroxyl groups excluding tert-OH is 1. The topological polar surface area (TPSA) is 32.3 Å². The number of alkyl halides is 1. The van der Waals surface area contributed by atoms with Gasteiger partial charge in [0.2, 0.25) is 0 Å². The number of hydrogen-bond acceptors (Lipinski definition) is 2. The Morgan fingerprint density at radius 1 is 1.89 bits per heavy atom. The first kappa shape index (κ1) is 8.59. The van der Waals surface area contributed by atoms with E-state index in [0.29, 0.717) is 0 Å². The number of hydrogen-bond donors (Lipinski definition) is 2. The molecule has 0 amide bonds. The Bertz CT molecular complexity index is 91.1. The van der Waals surface area contributed by atoms with E-state index in [1.54, 1.807) is 0 Å². The first-order valence-electron chi connectivity index (χ1n) is 2.78. The second-order valence-corrected chi connectivity index (χ2v) is 1.87. The van der Waals surface area contributed by atoms with Crippen LogP contribution in [0.4, 0.5) is 4.39 Å². The molecule has 0 radical (unpaired) electrons. The average molecular weight is 133 g/mol. The van der Waals surface area contributed by atoms with Gasteiger partial charge in [-0.1, -0.05) is 6.08 Å². The summed E-state index contributed by atoms with van der Waals surface area (Å²) < 4.78 is 12.8. The van der Waals surface area contributed by atoms with Crippen molar-refractivity contribution in [2.24, 2.45) is 0 Å². The highest BCUT2D eigenvalue weighted by Gasteiger charge is 2.23. The molecular weight excluding hydrogens is 121 g/mol. The number of aliphatic hydroxyl groups is 1. The van der Waals surface area contributed by atoms with Crippen LogP contribution >= 0.6 is 0 Å². The number of halogens is 1. The highest BCUT2D eigenvalue weighted by Crippen LogP contribution is 2.09. The lowest BCUT2D eigenvalue weighted by molar-refractivity contribution is 0.0487. The van der Waals surface area contributed by atoms with Crippen molar-refractivity contribution in [1.82, 2.24) is 5.32 Å². The Hall–Kier alpha value is -0.410. The van der Waals surface area contributed by atoms with Crippen LogP contribution in [-0.4, -0.2) is 24.6 Å². The predicted octanol–water partition coefficient (Wildman–Crippen LogP) is 0.440. The van der Waals surface area contributed by atoms with Gasteiger partial charge in [-0.3, -0.25) is 5.32 Å².